The van der Waals surface area contributed by atoms with Crippen LogP contribution in [0.25, 0.3) is 17.1 Å². The minimum Gasteiger partial charge on any atom is -0.322 e. The predicted molar refractivity (Wildman–Crippen MR) is 118 cm³/mol. The number of aryl methyl sites for hydroxylation is 1. The smallest absolute Gasteiger partial charge is 0.248 e. The van der Waals surface area contributed by atoms with Gasteiger partial charge in [-0.15, -0.1) is 0 Å². The van der Waals surface area contributed by atoms with Crippen LogP contribution in [0.1, 0.15) is 25.1 Å². The fourth-order valence-corrected chi connectivity index (χ4v) is 4.76. The van der Waals surface area contributed by atoms with Crippen LogP contribution in [0, 0.1) is 6.92 Å². The lowest BCUT2D eigenvalue weighted by Gasteiger charge is -2.20. The molecule has 0 saturated heterocycles. The van der Waals surface area contributed by atoms with Gasteiger partial charge in [-0.2, -0.15) is 4.31 Å². The Morgan fingerprint density at radius 2 is 1.80 bits per heavy atom. The highest BCUT2D eigenvalue weighted by atomic mass is 32.2. The molecule has 0 aliphatic rings. The normalized spacial score (nSPS) is 12.0. The number of fused-ring (bicyclic) bond motifs is 1. The first-order valence-corrected chi connectivity index (χ1v) is 11.1. The summed E-state index contributed by atoms with van der Waals surface area (Å²) >= 11 is 0. The molecule has 0 spiro atoms. The fraction of sp³-hybridized carbons (Fsp3) is 0.227. The number of carbonyl (C=O) groups excluding carboxylic acids is 1. The Hall–Kier alpha value is -3.10. The van der Waals surface area contributed by atoms with Crippen LogP contribution in [0.3, 0.4) is 0 Å². The molecule has 3 rings (SSSR count). The highest BCUT2D eigenvalue weighted by molar-refractivity contribution is 7.89. The summed E-state index contributed by atoms with van der Waals surface area (Å²) in [4.78, 5) is 21.3. The number of aromatic nitrogens is 2. The first-order valence-electron chi connectivity index (χ1n) is 9.66. The Bertz CT molecular complexity index is 1200. The van der Waals surface area contributed by atoms with Crippen molar-refractivity contribution >= 4 is 38.7 Å². The molecule has 0 unspecified atom stereocenters. The molecular formula is C22H24N4O3S. The molecule has 0 radical (unpaired) electrons. The summed E-state index contributed by atoms with van der Waals surface area (Å²) in [6.45, 7) is 6.08. The van der Waals surface area contributed by atoms with Gasteiger partial charge in [-0.05, 0) is 42.8 Å². The fourth-order valence-electron chi connectivity index (χ4n) is 3.06. The van der Waals surface area contributed by atoms with E-state index in [2.05, 4.69) is 15.3 Å². The quantitative estimate of drug-likeness (QED) is 0.585. The van der Waals surface area contributed by atoms with Crippen molar-refractivity contribution in [2.24, 2.45) is 0 Å². The summed E-state index contributed by atoms with van der Waals surface area (Å²) in [5.74, 6) is -0.389. The summed E-state index contributed by atoms with van der Waals surface area (Å²) < 4.78 is 27.1. The Morgan fingerprint density at radius 3 is 2.50 bits per heavy atom. The predicted octanol–water partition coefficient (Wildman–Crippen LogP) is 3.62. The largest absolute Gasteiger partial charge is 0.322 e. The summed E-state index contributed by atoms with van der Waals surface area (Å²) in [6.07, 6.45) is 4.50. The van der Waals surface area contributed by atoms with Gasteiger partial charge in [0.1, 0.15) is 0 Å². The first-order chi connectivity index (χ1) is 14.3. The molecule has 30 heavy (non-hydrogen) atoms. The molecule has 1 aromatic heterocycles. The molecule has 1 heterocycles. The topological polar surface area (TPSA) is 92.3 Å². The summed E-state index contributed by atoms with van der Waals surface area (Å²) in [5.41, 5.74) is 3.11. The van der Waals surface area contributed by atoms with Crippen molar-refractivity contribution in [3.8, 4) is 0 Å². The van der Waals surface area contributed by atoms with Gasteiger partial charge in [0.15, 0.2) is 0 Å². The number of amides is 1. The molecule has 1 amide bonds. The number of nitrogens with zero attached hydrogens (tertiary/aromatic N) is 3. The zero-order valence-electron chi connectivity index (χ0n) is 17.2. The zero-order valence-corrected chi connectivity index (χ0v) is 18.0. The van der Waals surface area contributed by atoms with E-state index >= 15 is 0 Å². The zero-order chi connectivity index (χ0) is 21.7. The van der Waals surface area contributed by atoms with Crippen molar-refractivity contribution in [1.82, 2.24) is 14.3 Å². The third kappa shape index (κ3) is 4.72. The van der Waals surface area contributed by atoms with Crippen LogP contribution >= 0.6 is 0 Å². The van der Waals surface area contributed by atoms with E-state index in [9.17, 15) is 13.2 Å². The van der Waals surface area contributed by atoms with E-state index in [-0.39, 0.29) is 10.8 Å². The Labute approximate surface area is 176 Å². The van der Waals surface area contributed by atoms with Crippen LogP contribution in [-0.4, -0.2) is 41.7 Å². The monoisotopic (exact) mass is 424 g/mol. The standard InChI is InChI=1S/C22H24N4O3S/c1-4-26(5-2)30(28,29)21-14-17(11-10-16(21)3)25-22(27)13-12-18-15-23-19-8-6-7-9-20(19)24-18/h6-15H,4-5H2,1-3H3,(H,25,27). The van der Waals surface area contributed by atoms with Crippen LogP contribution in [0.2, 0.25) is 0 Å². The van der Waals surface area contributed by atoms with Gasteiger partial charge in [-0.3, -0.25) is 9.78 Å². The van der Waals surface area contributed by atoms with Gasteiger partial charge < -0.3 is 5.32 Å². The van der Waals surface area contributed by atoms with Gasteiger partial charge in [0.2, 0.25) is 15.9 Å². The third-order valence-electron chi connectivity index (χ3n) is 4.65. The lowest BCUT2D eigenvalue weighted by atomic mass is 10.2. The maximum Gasteiger partial charge on any atom is 0.248 e. The number of benzene rings is 2. The molecule has 2 aromatic carbocycles. The number of anilines is 1. The van der Waals surface area contributed by atoms with Crippen LogP contribution < -0.4 is 5.32 Å². The van der Waals surface area contributed by atoms with Crippen molar-refractivity contribution in [1.29, 1.82) is 0 Å². The molecule has 0 fully saturated rings. The SMILES string of the molecule is CCN(CC)S(=O)(=O)c1cc(NC(=O)C=Cc2cnc3ccccc3n2)ccc1C. The van der Waals surface area contributed by atoms with E-state index in [0.717, 1.165) is 11.0 Å². The van der Waals surface area contributed by atoms with Crippen LogP contribution in [0.4, 0.5) is 5.69 Å². The Morgan fingerprint density at radius 1 is 1.10 bits per heavy atom. The van der Waals surface area contributed by atoms with E-state index < -0.39 is 10.0 Å². The number of carbonyl (C=O) groups is 1. The number of hydrogen-bond acceptors (Lipinski definition) is 5. The van der Waals surface area contributed by atoms with Crippen molar-refractivity contribution in [2.45, 2.75) is 25.7 Å². The van der Waals surface area contributed by atoms with E-state index in [1.165, 1.54) is 16.4 Å². The molecule has 0 aliphatic heterocycles. The molecule has 8 heteroatoms. The lowest BCUT2D eigenvalue weighted by Crippen LogP contribution is -2.31. The van der Waals surface area contributed by atoms with Crippen molar-refractivity contribution in [2.75, 3.05) is 18.4 Å². The second-order valence-electron chi connectivity index (χ2n) is 6.68. The molecule has 0 atom stereocenters. The van der Waals surface area contributed by atoms with Crippen LogP contribution in [0.15, 0.2) is 59.6 Å². The Kier molecular flexibility index (Phi) is 6.59. The van der Waals surface area contributed by atoms with Crippen molar-refractivity contribution in [3.63, 3.8) is 0 Å². The summed E-state index contributed by atoms with van der Waals surface area (Å²) in [5, 5.41) is 2.71. The minimum absolute atomic E-state index is 0.188. The molecule has 0 aliphatic carbocycles. The lowest BCUT2D eigenvalue weighted by molar-refractivity contribution is -0.111. The minimum atomic E-state index is -3.62. The number of nitrogens with one attached hydrogen (secondary N) is 1. The second-order valence-corrected chi connectivity index (χ2v) is 8.58. The Balaban J connectivity index is 1.78. The van der Waals surface area contributed by atoms with E-state index in [4.69, 9.17) is 0 Å². The number of hydrogen-bond donors (Lipinski definition) is 1. The highest BCUT2D eigenvalue weighted by Crippen LogP contribution is 2.23. The van der Waals surface area contributed by atoms with Crippen molar-refractivity contribution < 1.29 is 13.2 Å². The van der Waals surface area contributed by atoms with E-state index in [1.54, 1.807) is 45.2 Å². The number of para-hydroxylation sites is 2. The molecule has 7 nitrogen and oxygen atoms in total. The molecule has 1 N–H and O–H groups in total. The molecule has 156 valence electrons. The van der Waals surface area contributed by atoms with E-state index in [0.29, 0.717) is 30.0 Å². The first kappa shape index (κ1) is 21.6. The maximum absolute atomic E-state index is 12.9. The van der Waals surface area contributed by atoms with Gasteiger partial charge in [-0.1, -0.05) is 32.0 Å². The molecule has 0 bridgehead atoms. The molecule has 3 aromatic rings. The van der Waals surface area contributed by atoms with Gasteiger partial charge in [0, 0.05) is 24.9 Å². The summed E-state index contributed by atoms with van der Waals surface area (Å²) in [7, 11) is -3.62. The van der Waals surface area contributed by atoms with Gasteiger partial charge >= 0.3 is 0 Å². The van der Waals surface area contributed by atoms with Gasteiger partial charge in [0.05, 0.1) is 27.8 Å². The highest BCUT2D eigenvalue weighted by Gasteiger charge is 2.23. The average Bonchev–Trinajstić information content (AvgIpc) is 2.74. The van der Waals surface area contributed by atoms with Crippen LogP contribution in [0.5, 0.6) is 0 Å². The summed E-state index contributed by atoms with van der Waals surface area (Å²) in [6, 6.07) is 12.3. The number of rotatable bonds is 7. The molecule has 0 saturated carbocycles. The van der Waals surface area contributed by atoms with E-state index in [1.807, 2.05) is 24.3 Å². The van der Waals surface area contributed by atoms with Crippen LogP contribution in [-0.2, 0) is 14.8 Å². The second kappa shape index (κ2) is 9.15. The van der Waals surface area contributed by atoms with Gasteiger partial charge in [-0.25, -0.2) is 13.4 Å². The molecular weight excluding hydrogens is 400 g/mol. The van der Waals surface area contributed by atoms with Crippen molar-refractivity contribution in [3.05, 3.63) is 66.0 Å². The number of sulfonamides is 1. The van der Waals surface area contributed by atoms with Gasteiger partial charge in [0.25, 0.3) is 0 Å². The average molecular weight is 425 g/mol. The third-order valence-corrected chi connectivity index (χ3v) is 6.84. The maximum atomic E-state index is 12.9.